The van der Waals surface area contributed by atoms with Gasteiger partial charge in [0.25, 0.3) is 11.8 Å². The van der Waals surface area contributed by atoms with Gasteiger partial charge in [0, 0.05) is 18.8 Å². The van der Waals surface area contributed by atoms with Crippen molar-refractivity contribution < 1.29 is 26.7 Å². The second-order valence-electron chi connectivity index (χ2n) is 5.74. The maximum absolute atomic E-state index is 13.9. The summed E-state index contributed by atoms with van der Waals surface area (Å²) in [6.45, 7) is 3.02. The minimum absolute atomic E-state index is 0.0307. The zero-order chi connectivity index (χ0) is 17.4. The van der Waals surface area contributed by atoms with Gasteiger partial charge < -0.3 is 5.32 Å². The molecule has 4 nitrogen and oxygen atoms in total. The van der Waals surface area contributed by atoms with Crippen molar-refractivity contribution in [2.75, 3.05) is 13.1 Å². The SMILES string of the molecule is CC(C)N1CC(NC(=O)c2ccc(C(F)(F)F)cn2)C(F)(F)C1. The number of aromatic nitrogens is 1. The van der Waals surface area contributed by atoms with E-state index in [1.807, 2.05) is 0 Å². The van der Waals surface area contributed by atoms with Gasteiger partial charge in [-0.25, -0.2) is 8.78 Å². The number of hydrogen-bond acceptors (Lipinski definition) is 3. The minimum Gasteiger partial charge on any atom is -0.341 e. The third kappa shape index (κ3) is 3.95. The number of nitrogens with zero attached hydrogens (tertiary/aromatic N) is 2. The molecule has 1 aromatic rings. The highest BCUT2D eigenvalue weighted by atomic mass is 19.4. The molecule has 1 aromatic heterocycles. The molecule has 2 rings (SSSR count). The molecule has 0 bridgehead atoms. The Balaban J connectivity index is 2.07. The van der Waals surface area contributed by atoms with Crippen molar-refractivity contribution in [2.45, 2.75) is 38.0 Å². The van der Waals surface area contributed by atoms with E-state index in [-0.39, 0.29) is 18.3 Å². The number of carbonyl (C=O) groups is 1. The standard InChI is InChI=1S/C14H16F5N3O/c1-8(2)22-6-11(13(15,16)7-22)21-12(23)10-4-3-9(5-20-10)14(17,18)19/h3-5,8,11H,6-7H2,1-2H3,(H,21,23). The molecule has 1 atom stereocenters. The molecule has 1 amide bonds. The number of carbonyl (C=O) groups excluding carboxylic acids is 1. The normalized spacial score (nSPS) is 21.7. The molecule has 0 radical (unpaired) electrons. The van der Waals surface area contributed by atoms with Gasteiger partial charge in [-0.1, -0.05) is 0 Å². The van der Waals surface area contributed by atoms with Crippen LogP contribution in [0.15, 0.2) is 18.3 Å². The maximum atomic E-state index is 13.9. The zero-order valence-electron chi connectivity index (χ0n) is 12.5. The average molecular weight is 337 g/mol. The predicted molar refractivity (Wildman–Crippen MR) is 72.1 cm³/mol. The number of hydrogen-bond donors (Lipinski definition) is 1. The first-order valence-corrected chi connectivity index (χ1v) is 6.96. The van der Waals surface area contributed by atoms with Gasteiger partial charge >= 0.3 is 6.18 Å². The summed E-state index contributed by atoms with van der Waals surface area (Å²) in [5, 5.41) is 2.15. The van der Waals surface area contributed by atoms with Crippen LogP contribution in [-0.4, -0.2) is 46.9 Å². The number of rotatable bonds is 3. The van der Waals surface area contributed by atoms with Crippen molar-refractivity contribution in [3.05, 3.63) is 29.6 Å². The smallest absolute Gasteiger partial charge is 0.341 e. The summed E-state index contributed by atoms with van der Waals surface area (Å²) in [5.41, 5.74) is -1.34. The van der Waals surface area contributed by atoms with Crippen LogP contribution in [0, 0.1) is 0 Å². The Morgan fingerprint density at radius 3 is 2.48 bits per heavy atom. The molecule has 1 unspecified atom stereocenters. The van der Waals surface area contributed by atoms with Gasteiger partial charge in [-0.05, 0) is 26.0 Å². The number of pyridine rings is 1. The molecule has 2 heterocycles. The lowest BCUT2D eigenvalue weighted by molar-refractivity contribution is -0.137. The van der Waals surface area contributed by atoms with Crippen LogP contribution >= 0.6 is 0 Å². The van der Waals surface area contributed by atoms with Gasteiger partial charge in [0.2, 0.25) is 0 Å². The van der Waals surface area contributed by atoms with Crippen LogP contribution in [0.1, 0.15) is 29.9 Å². The van der Waals surface area contributed by atoms with E-state index in [4.69, 9.17) is 0 Å². The van der Waals surface area contributed by atoms with Crippen LogP contribution in [0.4, 0.5) is 22.0 Å². The monoisotopic (exact) mass is 337 g/mol. The Labute approximate surface area is 129 Å². The minimum atomic E-state index is -4.57. The van der Waals surface area contributed by atoms with Crippen molar-refractivity contribution in [1.82, 2.24) is 15.2 Å². The molecule has 1 N–H and O–H groups in total. The highest BCUT2D eigenvalue weighted by molar-refractivity contribution is 5.92. The van der Waals surface area contributed by atoms with Crippen molar-refractivity contribution in [2.24, 2.45) is 0 Å². The van der Waals surface area contributed by atoms with Gasteiger partial charge in [-0.15, -0.1) is 0 Å². The highest BCUT2D eigenvalue weighted by Crippen LogP contribution is 2.30. The molecular formula is C14H16F5N3O. The summed E-state index contributed by atoms with van der Waals surface area (Å²) in [6.07, 6.45) is -4.07. The molecule has 1 aliphatic rings. The largest absolute Gasteiger partial charge is 0.417 e. The van der Waals surface area contributed by atoms with Crippen molar-refractivity contribution >= 4 is 5.91 Å². The Kier molecular flexibility index (Phi) is 4.61. The average Bonchev–Trinajstić information content (AvgIpc) is 2.73. The van der Waals surface area contributed by atoms with E-state index in [0.717, 1.165) is 6.07 Å². The molecule has 1 fully saturated rings. The summed E-state index contributed by atoms with van der Waals surface area (Å²) in [5.74, 6) is -4.03. The quantitative estimate of drug-likeness (QED) is 0.863. The molecule has 1 aliphatic heterocycles. The van der Waals surface area contributed by atoms with Crippen molar-refractivity contribution in [3.63, 3.8) is 0 Å². The maximum Gasteiger partial charge on any atom is 0.417 e. The number of amides is 1. The molecular weight excluding hydrogens is 321 g/mol. The van der Waals surface area contributed by atoms with Crippen LogP contribution < -0.4 is 5.32 Å². The van der Waals surface area contributed by atoms with Crippen LogP contribution in [0.2, 0.25) is 0 Å². The van der Waals surface area contributed by atoms with Crippen molar-refractivity contribution in [3.8, 4) is 0 Å². The van der Waals surface area contributed by atoms with Crippen molar-refractivity contribution in [1.29, 1.82) is 0 Å². The fourth-order valence-corrected chi connectivity index (χ4v) is 2.29. The number of nitrogens with one attached hydrogen (secondary N) is 1. The van der Waals surface area contributed by atoms with Crippen LogP contribution in [0.5, 0.6) is 0 Å². The van der Waals surface area contributed by atoms with E-state index in [0.29, 0.717) is 12.3 Å². The van der Waals surface area contributed by atoms with Gasteiger partial charge in [0.15, 0.2) is 0 Å². The molecule has 0 saturated carbocycles. The molecule has 1 saturated heterocycles. The molecule has 9 heteroatoms. The second kappa shape index (κ2) is 6.03. The van der Waals surface area contributed by atoms with E-state index in [9.17, 15) is 26.7 Å². The first-order chi connectivity index (χ1) is 10.5. The summed E-state index contributed by atoms with van der Waals surface area (Å²) >= 11 is 0. The number of alkyl halides is 5. The summed E-state index contributed by atoms with van der Waals surface area (Å²) < 4.78 is 65.1. The summed E-state index contributed by atoms with van der Waals surface area (Å²) in [6, 6.07) is 0.0501. The predicted octanol–water partition coefficient (Wildman–Crippen LogP) is 2.56. The summed E-state index contributed by atoms with van der Waals surface area (Å²) in [7, 11) is 0. The van der Waals surface area contributed by atoms with E-state index in [1.165, 1.54) is 4.90 Å². The Hall–Kier alpha value is -1.77. The zero-order valence-corrected chi connectivity index (χ0v) is 12.5. The number of likely N-dealkylation sites (tertiary alicyclic amines) is 1. The lowest BCUT2D eigenvalue weighted by Gasteiger charge is -2.19. The fourth-order valence-electron chi connectivity index (χ4n) is 2.29. The fraction of sp³-hybridized carbons (Fsp3) is 0.571. The Morgan fingerprint density at radius 1 is 1.39 bits per heavy atom. The van der Waals surface area contributed by atoms with Gasteiger partial charge in [-0.2, -0.15) is 13.2 Å². The van der Waals surface area contributed by atoms with E-state index >= 15 is 0 Å². The van der Waals surface area contributed by atoms with Gasteiger partial charge in [-0.3, -0.25) is 14.7 Å². The van der Waals surface area contributed by atoms with Crippen LogP contribution in [0.3, 0.4) is 0 Å². The third-order valence-electron chi connectivity index (χ3n) is 3.70. The van der Waals surface area contributed by atoms with Crippen LogP contribution in [0.25, 0.3) is 0 Å². The lowest BCUT2D eigenvalue weighted by Crippen LogP contribution is -2.47. The Morgan fingerprint density at radius 2 is 2.04 bits per heavy atom. The summed E-state index contributed by atoms with van der Waals surface area (Å²) in [4.78, 5) is 16.8. The molecule has 128 valence electrons. The van der Waals surface area contributed by atoms with E-state index < -0.39 is 36.2 Å². The third-order valence-corrected chi connectivity index (χ3v) is 3.70. The van der Waals surface area contributed by atoms with E-state index in [1.54, 1.807) is 13.8 Å². The molecule has 0 aliphatic carbocycles. The molecule has 0 spiro atoms. The topological polar surface area (TPSA) is 45.2 Å². The lowest BCUT2D eigenvalue weighted by atomic mass is 10.2. The van der Waals surface area contributed by atoms with Gasteiger partial charge in [0.05, 0.1) is 12.1 Å². The second-order valence-corrected chi connectivity index (χ2v) is 5.74. The van der Waals surface area contributed by atoms with Gasteiger partial charge in [0.1, 0.15) is 11.7 Å². The van der Waals surface area contributed by atoms with Crippen LogP contribution in [-0.2, 0) is 6.18 Å². The number of halogens is 5. The molecule has 23 heavy (non-hydrogen) atoms. The highest BCUT2D eigenvalue weighted by Gasteiger charge is 2.49. The first kappa shape index (κ1) is 17.6. The molecule has 0 aromatic carbocycles. The van der Waals surface area contributed by atoms with E-state index in [2.05, 4.69) is 10.3 Å². The Bertz CT molecular complexity index is 571. The first-order valence-electron chi connectivity index (χ1n) is 6.96.